The first kappa shape index (κ1) is 32.6. The number of aromatic nitrogens is 2. The van der Waals surface area contributed by atoms with E-state index < -0.39 is 12.2 Å². The lowest BCUT2D eigenvalue weighted by molar-refractivity contribution is 0.122. The van der Waals surface area contributed by atoms with Crippen molar-refractivity contribution in [3.05, 3.63) is 32.2 Å². The zero-order valence-electron chi connectivity index (χ0n) is 22.7. The van der Waals surface area contributed by atoms with Crippen LogP contribution in [0.1, 0.15) is 74.1 Å². The number of aliphatic hydroxyl groups is 2. The zero-order valence-corrected chi connectivity index (χ0v) is 24.3. The second kappa shape index (κ2) is 16.4. The minimum absolute atomic E-state index is 0.120. The van der Waals surface area contributed by atoms with Gasteiger partial charge in [-0.2, -0.15) is 0 Å². The van der Waals surface area contributed by atoms with Crippen LogP contribution in [0.25, 0.3) is 0 Å². The topological polar surface area (TPSA) is 107 Å². The van der Waals surface area contributed by atoms with Gasteiger partial charge in [0.1, 0.15) is 22.2 Å². The molecule has 8 nitrogen and oxygen atoms in total. The molecule has 0 amide bonds. The molecule has 198 valence electrons. The minimum atomic E-state index is -0.571. The standard InChI is InChI=1S/2C12H20BN2O2S/c2*1-8(2)10(15(4)13-7-16)5-11(17)12-14-9(3)6-18-12/h2*6-8,10-11,17H,5H2,1-4H3/t10?,11-;10-,11+/m00/s1. The maximum Gasteiger partial charge on any atom is 0.293 e. The monoisotopic (exact) mass is 534 g/mol. The van der Waals surface area contributed by atoms with Gasteiger partial charge in [-0.15, -0.1) is 22.7 Å². The molecular weight excluding hydrogens is 494 g/mol. The second-order valence-corrected chi connectivity index (χ2v) is 11.5. The van der Waals surface area contributed by atoms with E-state index in [1.54, 1.807) is 0 Å². The second-order valence-electron chi connectivity index (χ2n) is 9.68. The minimum Gasteiger partial charge on any atom is -0.386 e. The highest BCUT2D eigenvalue weighted by Crippen LogP contribution is 2.27. The van der Waals surface area contributed by atoms with E-state index in [2.05, 4.69) is 37.7 Å². The van der Waals surface area contributed by atoms with Crippen LogP contribution in [-0.4, -0.2) is 83.2 Å². The molecule has 2 heterocycles. The van der Waals surface area contributed by atoms with E-state index in [1.807, 2.05) is 48.3 Å². The van der Waals surface area contributed by atoms with Crippen molar-refractivity contribution in [1.29, 1.82) is 0 Å². The third-order valence-corrected chi connectivity index (χ3v) is 8.08. The maximum absolute atomic E-state index is 10.5. The molecule has 2 N–H and O–H groups in total. The van der Waals surface area contributed by atoms with Crippen LogP contribution in [0.4, 0.5) is 0 Å². The van der Waals surface area contributed by atoms with E-state index in [0.29, 0.717) is 24.7 Å². The van der Waals surface area contributed by atoms with Crippen LogP contribution in [0.5, 0.6) is 0 Å². The van der Waals surface area contributed by atoms with Gasteiger partial charge in [-0.1, -0.05) is 27.7 Å². The molecular formula is C24H40B2N4O4S2. The molecule has 2 rings (SSSR count). The predicted octanol–water partition coefficient (Wildman–Crippen LogP) is 3.28. The molecule has 0 aliphatic carbocycles. The first-order valence-electron chi connectivity index (χ1n) is 12.1. The van der Waals surface area contributed by atoms with E-state index in [4.69, 9.17) is 0 Å². The number of carbonyl (C=O) groups excluding carboxylic acids is 2. The fourth-order valence-electron chi connectivity index (χ4n) is 3.94. The molecule has 0 fully saturated rings. The summed E-state index contributed by atoms with van der Waals surface area (Å²) in [5, 5.41) is 25.7. The molecule has 0 spiro atoms. The van der Waals surface area contributed by atoms with Crippen LogP contribution in [0.2, 0.25) is 0 Å². The summed E-state index contributed by atoms with van der Waals surface area (Å²) in [6.07, 6.45) is 1.55. The average Bonchev–Trinajstić information content (AvgIpc) is 3.44. The van der Waals surface area contributed by atoms with Crippen molar-refractivity contribution in [1.82, 2.24) is 19.6 Å². The average molecular weight is 534 g/mol. The van der Waals surface area contributed by atoms with Gasteiger partial charge in [-0.25, -0.2) is 9.97 Å². The number of nitrogens with zero attached hydrogens (tertiary/aromatic N) is 4. The van der Waals surface area contributed by atoms with Gasteiger partial charge in [0.15, 0.2) is 0 Å². The van der Waals surface area contributed by atoms with Gasteiger partial charge in [-0.05, 0) is 52.6 Å². The zero-order chi connectivity index (χ0) is 27.4. The van der Waals surface area contributed by atoms with Crippen LogP contribution < -0.4 is 0 Å². The van der Waals surface area contributed by atoms with E-state index in [9.17, 15) is 19.8 Å². The van der Waals surface area contributed by atoms with E-state index in [0.717, 1.165) is 33.8 Å². The lowest BCUT2D eigenvalue weighted by Crippen LogP contribution is -2.40. The van der Waals surface area contributed by atoms with Crippen molar-refractivity contribution in [2.75, 3.05) is 14.1 Å². The van der Waals surface area contributed by atoms with Gasteiger partial charge in [-0.3, -0.25) is 0 Å². The summed E-state index contributed by atoms with van der Waals surface area (Å²) in [5.41, 5.74) is 1.87. The molecule has 4 atom stereocenters. The number of aliphatic hydroxyl groups excluding tert-OH is 2. The highest BCUT2D eigenvalue weighted by atomic mass is 32.1. The Kier molecular flexibility index (Phi) is 14.9. The molecule has 2 radical (unpaired) electrons. The molecule has 1 unspecified atom stereocenters. The molecule has 2 aromatic rings. The third-order valence-electron chi connectivity index (χ3n) is 5.95. The Labute approximate surface area is 225 Å². The Morgan fingerprint density at radius 2 is 1.14 bits per heavy atom. The van der Waals surface area contributed by atoms with Crippen molar-refractivity contribution < 1.29 is 19.8 Å². The van der Waals surface area contributed by atoms with Crippen molar-refractivity contribution in [2.45, 2.75) is 78.7 Å². The molecule has 0 aliphatic heterocycles. The Hall–Kier alpha value is -1.43. The normalized spacial score (nSPS) is 14.8. The van der Waals surface area contributed by atoms with Crippen LogP contribution >= 0.6 is 22.7 Å². The summed E-state index contributed by atoms with van der Waals surface area (Å²) >= 11 is 2.95. The Morgan fingerprint density at radius 3 is 1.36 bits per heavy atom. The van der Waals surface area contributed by atoms with Crippen LogP contribution in [-0.2, 0) is 9.59 Å². The van der Waals surface area contributed by atoms with E-state index in [-0.39, 0.29) is 12.1 Å². The summed E-state index contributed by atoms with van der Waals surface area (Å²) in [4.78, 5) is 33.4. The SMILES string of the molecule is Cc1csc([C@@H](O)CC(C(C)C)N(C)[B]C=O)n1.Cc1csc([C@H](O)C[C@@H](C(C)C)N(C)[B]C=O)n1. The predicted molar refractivity (Wildman–Crippen MR) is 151 cm³/mol. The van der Waals surface area contributed by atoms with Gasteiger partial charge < -0.3 is 29.4 Å². The molecule has 0 aliphatic rings. The molecule has 0 bridgehead atoms. The molecule has 12 heteroatoms. The number of carbonyl (C=O) groups is 2. The lowest BCUT2D eigenvalue weighted by atomic mass is 9.86. The molecule has 2 aromatic heterocycles. The van der Waals surface area contributed by atoms with Gasteiger partial charge in [0.2, 0.25) is 0 Å². The number of hydrogen-bond acceptors (Lipinski definition) is 10. The number of hydrogen-bond donors (Lipinski definition) is 2. The van der Waals surface area contributed by atoms with Gasteiger partial charge in [0, 0.05) is 34.2 Å². The summed E-state index contributed by atoms with van der Waals surface area (Å²) < 4.78 is 0. The van der Waals surface area contributed by atoms with Gasteiger partial charge in [0.05, 0.1) is 12.4 Å². The number of aryl methyl sites for hydroxylation is 2. The van der Waals surface area contributed by atoms with E-state index >= 15 is 0 Å². The lowest BCUT2D eigenvalue weighted by Gasteiger charge is -2.31. The molecule has 0 saturated heterocycles. The summed E-state index contributed by atoms with van der Waals surface area (Å²) in [5.74, 6) is 0.698. The van der Waals surface area contributed by atoms with Crippen molar-refractivity contribution in [2.24, 2.45) is 11.8 Å². The van der Waals surface area contributed by atoms with Gasteiger partial charge >= 0.3 is 0 Å². The Bertz CT molecular complexity index is 840. The summed E-state index contributed by atoms with van der Waals surface area (Å²) in [7, 11) is 6.73. The Morgan fingerprint density at radius 1 is 0.806 bits per heavy atom. The van der Waals surface area contributed by atoms with E-state index in [1.165, 1.54) is 37.5 Å². The van der Waals surface area contributed by atoms with Crippen LogP contribution in [0.3, 0.4) is 0 Å². The fourth-order valence-corrected chi connectivity index (χ4v) is 5.53. The maximum atomic E-state index is 10.5. The number of thiazole rings is 2. The van der Waals surface area contributed by atoms with Gasteiger partial charge in [0.25, 0.3) is 14.8 Å². The quantitative estimate of drug-likeness (QED) is 0.281. The van der Waals surface area contributed by atoms with Crippen LogP contribution in [0, 0.1) is 25.7 Å². The smallest absolute Gasteiger partial charge is 0.293 e. The highest BCUT2D eigenvalue weighted by molar-refractivity contribution is 7.10. The van der Waals surface area contributed by atoms with Crippen LogP contribution in [0.15, 0.2) is 10.8 Å². The Balaban J connectivity index is 0.000000360. The fraction of sp³-hybridized carbons (Fsp3) is 0.667. The molecule has 36 heavy (non-hydrogen) atoms. The molecule has 0 saturated carbocycles. The van der Waals surface area contributed by atoms with Crippen molar-refractivity contribution >= 4 is 49.9 Å². The largest absolute Gasteiger partial charge is 0.386 e. The third kappa shape index (κ3) is 10.9. The molecule has 0 aromatic carbocycles. The van der Waals surface area contributed by atoms with Crippen molar-refractivity contribution in [3.8, 4) is 0 Å². The van der Waals surface area contributed by atoms with Crippen molar-refractivity contribution in [3.63, 3.8) is 0 Å². The highest BCUT2D eigenvalue weighted by Gasteiger charge is 2.25. The first-order valence-corrected chi connectivity index (χ1v) is 13.9. The summed E-state index contributed by atoms with van der Waals surface area (Å²) in [6, 6.07) is 0.240. The summed E-state index contributed by atoms with van der Waals surface area (Å²) in [6.45, 7) is 12.2. The number of rotatable bonds is 14. The first-order chi connectivity index (χ1) is 16.9.